The Balaban J connectivity index is 1.65. The van der Waals surface area contributed by atoms with Crippen molar-refractivity contribution in [3.05, 3.63) is 77.6 Å². The zero-order valence-corrected chi connectivity index (χ0v) is 18.7. The van der Waals surface area contributed by atoms with Gasteiger partial charge in [-0.05, 0) is 48.6 Å². The summed E-state index contributed by atoms with van der Waals surface area (Å²) in [6, 6.07) is 16.3. The monoisotopic (exact) mass is 447 g/mol. The lowest BCUT2D eigenvalue weighted by atomic mass is 10.1. The third-order valence-corrected chi connectivity index (χ3v) is 5.95. The third kappa shape index (κ3) is 4.31. The van der Waals surface area contributed by atoms with Gasteiger partial charge in [0.2, 0.25) is 11.8 Å². The lowest BCUT2D eigenvalue weighted by molar-refractivity contribution is -0.140. The Morgan fingerprint density at radius 2 is 1.73 bits per heavy atom. The molecule has 0 aliphatic carbocycles. The minimum atomic E-state index is -0.710. The van der Waals surface area contributed by atoms with E-state index in [0.29, 0.717) is 29.8 Å². The zero-order chi connectivity index (χ0) is 23.5. The van der Waals surface area contributed by atoms with Crippen molar-refractivity contribution in [2.24, 2.45) is 0 Å². The topological polar surface area (TPSA) is 69.7 Å². The van der Waals surface area contributed by atoms with Gasteiger partial charge in [0, 0.05) is 24.0 Å². The number of carbonyl (C=O) groups is 3. The van der Waals surface area contributed by atoms with Crippen molar-refractivity contribution in [3.8, 4) is 0 Å². The van der Waals surface area contributed by atoms with E-state index in [0.717, 1.165) is 10.8 Å². The molecule has 0 fully saturated rings. The Morgan fingerprint density at radius 3 is 2.39 bits per heavy atom. The van der Waals surface area contributed by atoms with Crippen LogP contribution in [0.1, 0.15) is 36.2 Å². The summed E-state index contributed by atoms with van der Waals surface area (Å²) in [4.78, 5) is 42.4. The molecule has 1 N–H and O–H groups in total. The zero-order valence-electron chi connectivity index (χ0n) is 18.7. The molecule has 6 nitrogen and oxygen atoms in total. The molecule has 33 heavy (non-hydrogen) atoms. The molecule has 0 aromatic heterocycles. The molecule has 1 aliphatic rings. The van der Waals surface area contributed by atoms with E-state index < -0.39 is 6.04 Å². The highest BCUT2D eigenvalue weighted by molar-refractivity contribution is 6.26. The number of nitrogens with zero attached hydrogens (tertiary/aromatic N) is 2. The first-order valence-electron chi connectivity index (χ1n) is 11.1. The van der Waals surface area contributed by atoms with Crippen molar-refractivity contribution in [3.63, 3.8) is 0 Å². The van der Waals surface area contributed by atoms with Gasteiger partial charge in [-0.15, -0.1) is 0 Å². The molecule has 3 amide bonds. The van der Waals surface area contributed by atoms with Gasteiger partial charge in [-0.2, -0.15) is 0 Å². The van der Waals surface area contributed by atoms with Crippen LogP contribution >= 0.6 is 0 Å². The molecule has 7 heteroatoms. The molecule has 0 saturated heterocycles. The maximum Gasteiger partial charge on any atom is 0.259 e. The van der Waals surface area contributed by atoms with Gasteiger partial charge in [0.05, 0.1) is 5.69 Å². The molecule has 170 valence electrons. The molecule has 3 aromatic rings. The highest BCUT2D eigenvalue weighted by Gasteiger charge is 2.34. The maximum absolute atomic E-state index is 13.6. The molecule has 0 saturated carbocycles. The lowest BCUT2D eigenvalue weighted by Crippen LogP contribution is -2.52. The molecular formula is C26H26FN3O3. The summed E-state index contributed by atoms with van der Waals surface area (Å²) < 4.78 is 13.4. The van der Waals surface area contributed by atoms with Gasteiger partial charge in [0.25, 0.3) is 5.91 Å². The van der Waals surface area contributed by atoms with Crippen LogP contribution in [0.5, 0.6) is 0 Å². The molecule has 0 unspecified atom stereocenters. The van der Waals surface area contributed by atoms with Crippen LogP contribution in [0, 0.1) is 5.82 Å². The molecule has 0 spiro atoms. The largest absolute Gasteiger partial charge is 0.355 e. The van der Waals surface area contributed by atoms with Crippen LogP contribution in [0.15, 0.2) is 60.7 Å². The van der Waals surface area contributed by atoms with E-state index in [-0.39, 0.29) is 36.6 Å². The second kappa shape index (κ2) is 9.40. The first kappa shape index (κ1) is 22.5. The molecule has 1 aliphatic heterocycles. The van der Waals surface area contributed by atoms with E-state index in [1.54, 1.807) is 18.2 Å². The number of nitrogens with one attached hydrogen (secondary N) is 1. The van der Waals surface area contributed by atoms with Gasteiger partial charge >= 0.3 is 0 Å². The standard InChI is InChI=1S/C26H26FN3O3/c1-3-21(25(32)28-4-2)29(15-17-11-13-19(27)14-12-17)23(31)16-30-22-10-6-8-18-7-5-9-20(24(18)22)26(30)33/h5-14,21H,3-4,15-16H2,1-2H3,(H,28,32)/t21-/m0/s1. The van der Waals surface area contributed by atoms with Crippen LogP contribution in [-0.4, -0.2) is 41.8 Å². The second-order valence-electron chi connectivity index (χ2n) is 8.04. The van der Waals surface area contributed by atoms with Gasteiger partial charge in [0.15, 0.2) is 0 Å². The normalized spacial score (nSPS) is 13.3. The predicted octanol–water partition coefficient (Wildman–Crippen LogP) is 3.88. The summed E-state index contributed by atoms with van der Waals surface area (Å²) in [5, 5.41) is 4.55. The van der Waals surface area contributed by atoms with Crippen molar-refractivity contribution in [2.45, 2.75) is 32.9 Å². The number of carbonyl (C=O) groups excluding carboxylic acids is 3. The van der Waals surface area contributed by atoms with Crippen LogP contribution in [0.2, 0.25) is 0 Å². The Hall–Kier alpha value is -3.74. The highest BCUT2D eigenvalue weighted by Crippen LogP contribution is 2.37. The number of likely N-dealkylation sites (N-methyl/N-ethyl adjacent to an activating group) is 1. The quantitative estimate of drug-likeness (QED) is 0.570. The maximum atomic E-state index is 13.6. The summed E-state index contributed by atoms with van der Waals surface area (Å²) in [5.74, 6) is -1.21. The molecule has 0 radical (unpaired) electrons. The predicted molar refractivity (Wildman–Crippen MR) is 125 cm³/mol. The van der Waals surface area contributed by atoms with Gasteiger partial charge in [-0.3, -0.25) is 19.3 Å². The number of hydrogen-bond acceptors (Lipinski definition) is 3. The average Bonchev–Trinajstić information content (AvgIpc) is 3.08. The summed E-state index contributed by atoms with van der Waals surface area (Å²) in [5.41, 5.74) is 1.96. The van der Waals surface area contributed by atoms with Crippen LogP contribution < -0.4 is 10.2 Å². The fraction of sp³-hybridized carbons (Fsp3) is 0.269. The van der Waals surface area contributed by atoms with Gasteiger partial charge in [0.1, 0.15) is 18.4 Å². The fourth-order valence-corrected chi connectivity index (χ4v) is 4.36. The lowest BCUT2D eigenvalue weighted by Gasteiger charge is -2.32. The van der Waals surface area contributed by atoms with Crippen LogP contribution in [0.3, 0.4) is 0 Å². The Kier molecular flexibility index (Phi) is 6.40. The Morgan fingerprint density at radius 1 is 1.03 bits per heavy atom. The van der Waals surface area contributed by atoms with Crippen molar-refractivity contribution in [1.29, 1.82) is 0 Å². The van der Waals surface area contributed by atoms with E-state index in [4.69, 9.17) is 0 Å². The molecule has 1 atom stereocenters. The van der Waals surface area contributed by atoms with E-state index in [1.165, 1.54) is 21.9 Å². The van der Waals surface area contributed by atoms with Crippen molar-refractivity contribution < 1.29 is 18.8 Å². The van der Waals surface area contributed by atoms with Crippen LogP contribution in [0.4, 0.5) is 10.1 Å². The first-order valence-corrected chi connectivity index (χ1v) is 11.1. The van der Waals surface area contributed by atoms with E-state index in [2.05, 4.69) is 5.32 Å². The Bertz CT molecular complexity index is 1200. The number of hydrogen-bond donors (Lipinski definition) is 1. The number of benzene rings is 3. The number of amides is 3. The van der Waals surface area contributed by atoms with E-state index in [1.807, 2.05) is 44.2 Å². The van der Waals surface area contributed by atoms with Crippen LogP contribution in [-0.2, 0) is 16.1 Å². The number of anilines is 1. The van der Waals surface area contributed by atoms with E-state index in [9.17, 15) is 18.8 Å². The average molecular weight is 448 g/mol. The van der Waals surface area contributed by atoms with Crippen molar-refractivity contribution in [1.82, 2.24) is 10.2 Å². The second-order valence-corrected chi connectivity index (χ2v) is 8.04. The first-order chi connectivity index (χ1) is 15.9. The molecule has 1 heterocycles. The SMILES string of the molecule is CCNC(=O)[C@H](CC)N(Cc1ccc(F)cc1)C(=O)CN1C(=O)c2cccc3cccc1c23. The minimum absolute atomic E-state index is 0.133. The van der Waals surface area contributed by atoms with Crippen molar-refractivity contribution in [2.75, 3.05) is 18.0 Å². The molecule has 0 bridgehead atoms. The molecule has 4 rings (SSSR count). The Labute approximate surface area is 192 Å². The molecule has 3 aromatic carbocycles. The van der Waals surface area contributed by atoms with E-state index >= 15 is 0 Å². The summed E-state index contributed by atoms with van der Waals surface area (Å²) >= 11 is 0. The summed E-state index contributed by atoms with van der Waals surface area (Å²) in [6.45, 7) is 4.04. The molecular weight excluding hydrogens is 421 g/mol. The summed E-state index contributed by atoms with van der Waals surface area (Å²) in [7, 11) is 0. The smallest absolute Gasteiger partial charge is 0.259 e. The van der Waals surface area contributed by atoms with Crippen LogP contribution in [0.25, 0.3) is 10.8 Å². The number of rotatable bonds is 8. The van der Waals surface area contributed by atoms with Gasteiger partial charge in [-0.25, -0.2) is 4.39 Å². The highest BCUT2D eigenvalue weighted by atomic mass is 19.1. The third-order valence-electron chi connectivity index (χ3n) is 5.95. The summed E-state index contributed by atoms with van der Waals surface area (Å²) in [6.07, 6.45) is 0.405. The van der Waals surface area contributed by atoms with Gasteiger partial charge < -0.3 is 10.2 Å². The van der Waals surface area contributed by atoms with Gasteiger partial charge in [-0.1, -0.05) is 43.3 Å². The number of halogens is 1. The fourth-order valence-electron chi connectivity index (χ4n) is 4.36. The van der Waals surface area contributed by atoms with Crippen molar-refractivity contribution >= 4 is 34.2 Å². The minimum Gasteiger partial charge on any atom is -0.355 e.